The third kappa shape index (κ3) is 2.48. The van der Waals surface area contributed by atoms with Crippen molar-refractivity contribution in [3.63, 3.8) is 0 Å². The van der Waals surface area contributed by atoms with Gasteiger partial charge in [0.15, 0.2) is 0 Å². The molecule has 0 atom stereocenters. The second-order valence-electron chi connectivity index (χ2n) is 6.07. The molecule has 0 saturated carbocycles. The Labute approximate surface area is 148 Å². The summed E-state index contributed by atoms with van der Waals surface area (Å²) < 4.78 is 0. The molecular formula is C22H14O4. The molecule has 0 unspecified atom stereocenters. The Morgan fingerprint density at radius 2 is 1.31 bits per heavy atom. The van der Waals surface area contributed by atoms with Crippen molar-refractivity contribution in [2.75, 3.05) is 0 Å². The zero-order valence-electron chi connectivity index (χ0n) is 13.6. The average molecular weight is 342 g/mol. The Morgan fingerprint density at radius 3 is 2.00 bits per heavy atom. The fourth-order valence-electron chi connectivity index (χ4n) is 3.38. The molecule has 2 N–H and O–H groups in total. The van der Waals surface area contributed by atoms with Crippen LogP contribution in [0.25, 0.3) is 32.7 Å². The molecule has 0 radical (unpaired) electrons. The van der Waals surface area contributed by atoms with E-state index in [0.717, 1.165) is 10.8 Å². The van der Waals surface area contributed by atoms with Crippen molar-refractivity contribution in [1.82, 2.24) is 0 Å². The molecule has 0 saturated heterocycles. The van der Waals surface area contributed by atoms with Crippen molar-refractivity contribution >= 4 is 33.5 Å². The van der Waals surface area contributed by atoms with E-state index in [4.69, 9.17) is 0 Å². The highest BCUT2D eigenvalue weighted by atomic mass is 16.4. The lowest BCUT2D eigenvalue weighted by atomic mass is 9.88. The molecule has 126 valence electrons. The molecule has 4 aromatic carbocycles. The molecule has 4 rings (SSSR count). The van der Waals surface area contributed by atoms with Crippen LogP contribution in [0.15, 0.2) is 72.8 Å². The minimum atomic E-state index is -1.15. The first-order valence-electron chi connectivity index (χ1n) is 8.08. The van der Waals surface area contributed by atoms with Gasteiger partial charge in [0.1, 0.15) is 0 Å². The number of aromatic carboxylic acids is 2. The van der Waals surface area contributed by atoms with Crippen molar-refractivity contribution in [2.45, 2.75) is 0 Å². The van der Waals surface area contributed by atoms with Gasteiger partial charge in [-0.3, -0.25) is 0 Å². The quantitative estimate of drug-likeness (QED) is 0.546. The highest BCUT2D eigenvalue weighted by molar-refractivity contribution is 6.15. The molecule has 26 heavy (non-hydrogen) atoms. The highest BCUT2D eigenvalue weighted by Gasteiger charge is 2.23. The van der Waals surface area contributed by atoms with Crippen molar-refractivity contribution in [3.05, 3.63) is 83.9 Å². The molecule has 0 aliphatic rings. The van der Waals surface area contributed by atoms with Crippen LogP contribution in [0.2, 0.25) is 0 Å². The molecule has 0 heterocycles. The Kier molecular flexibility index (Phi) is 3.66. The van der Waals surface area contributed by atoms with E-state index in [2.05, 4.69) is 0 Å². The molecule has 0 amide bonds. The maximum atomic E-state index is 12.1. The number of hydrogen-bond donors (Lipinski definition) is 2. The maximum absolute atomic E-state index is 12.1. The lowest BCUT2D eigenvalue weighted by Crippen LogP contribution is -2.08. The van der Waals surface area contributed by atoms with E-state index in [0.29, 0.717) is 16.3 Å². The standard InChI is InChI=1S/C22H14O4/c23-21(24)18-12-15-7-3-4-8-17(15)20(22(25)26)19(18)16-10-9-13-5-1-2-6-14(13)11-16/h1-12H,(H,23,24)(H,25,26). The molecule has 4 heteroatoms. The fraction of sp³-hybridized carbons (Fsp3) is 0. The maximum Gasteiger partial charge on any atom is 0.336 e. The predicted octanol–water partition coefficient (Wildman–Crippen LogP) is 5.06. The number of carbonyl (C=O) groups is 2. The first-order valence-corrected chi connectivity index (χ1v) is 8.08. The van der Waals surface area contributed by atoms with E-state index in [1.807, 2.05) is 36.4 Å². The van der Waals surface area contributed by atoms with Crippen LogP contribution in [-0.4, -0.2) is 22.2 Å². The third-order valence-corrected chi connectivity index (χ3v) is 4.53. The SMILES string of the molecule is O=C(O)c1cc2ccccc2c(C(=O)O)c1-c1ccc2ccccc2c1. The van der Waals surface area contributed by atoms with Gasteiger partial charge in [-0.2, -0.15) is 0 Å². The molecule has 0 aromatic heterocycles. The zero-order valence-corrected chi connectivity index (χ0v) is 13.6. The van der Waals surface area contributed by atoms with Crippen LogP contribution in [-0.2, 0) is 0 Å². The van der Waals surface area contributed by atoms with Gasteiger partial charge in [0.2, 0.25) is 0 Å². The summed E-state index contributed by atoms with van der Waals surface area (Å²) in [5, 5.41) is 22.6. The summed E-state index contributed by atoms with van der Waals surface area (Å²) in [6.07, 6.45) is 0. The van der Waals surface area contributed by atoms with Gasteiger partial charge in [-0.1, -0.05) is 60.7 Å². The van der Waals surface area contributed by atoms with E-state index in [-0.39, 0.29) is 16.7 Å². The zero-order chi connectivity index (χ0) is 18.3. The second kappa shape index (κ2) is 6.01. The summed E-state index contributed by atoms with van der Waals surface area (Å²) in [6, 6.07) is 21.6. The fourth-order valence-corrected chi connectivity index (χ4v) is 3.38. The second-order valence-corrected chi connectivity index (χ2v) is 6.07. The average Bonchev–Trinajstić information content (AvgIpc) is 2.65. The molecule has 0 bridgehead atoms. The molecule has 4 nitrogen and oxygen atoms in total. The van der Waals surface area contributed by atoms with Gasteiger partial charge >= 0.3 is 11.9 Å². The van der Waals surface area contributed by atoms with Crippen molar-refractivity contribution in [1.29, 1.82) is 0 Å². The number of hydrogen-bond acceptors (Lipinski definition) is 2. The Bertz CT molecular complexity index is 1190. The van der Waals surface area contributed by atoms with Gasteiger partial charge in [0, 0.05) is 5.56 Å². The molecule has 0 aliphatic carbocycles. The van der Waals surface area contributed by atoms with E-state index in [1.54, 1.807) is 30.3 Å². The Morgan fingerprint density at radius 1 is 0.654 bits per heavy atom. The van der Waals surface area contributed by atoms with Crippen LogP contribution in [0.5, 0.6) is 0 Å². The van der Waals surface area contributed by atoms with Gasteiger partial charge in [0.05, 0.1) is 11.1 Å². The Hall–Kier alpha value is -3.66. The first kappa shape index (κ1) is 15.8. The highest BCUT2D eigenvalue weighted by Crippen LogP contribution is 2.35. The van der Waals surface area contributed by atoms with Gasteiger partial charge in [0.25, 0.3) is 0 Å². The normalized spacial score (nSPS) is 10.9. The van der Waals surface area contributed by atoms with E-state index in [1.165, 1.54) is 6.07 Å². The number of benzene rings is 4. The van der Waals surface area contributed by atoms with Gasteiger partial charge in [-0.15, -0.1) is 0 Å². The Balaban J connectivity index is 2.15. The van der Waals surface area contributed by atoms with E-state index >= 15 is 0 Å². The molecule has 4 aromatic rings. The number of fused-ring (bicyclic) bond motifs is 2. The van der Waals surface area contributed by atoms with Crippen LogP contribution >= 0.6 is 0 Å². The molecule has 0 spiro atoms. The van der Waals surface area contributed by atoms with E-state index in [9.17, 15) is 19.8 Å². The van der Waals surface area contributed by atoms with E-state index < -0.39 is 11.9 Å². The van der Waals surface area contributed by atoms with Crippen LogP contribution in [0, 0.1) is 0 Å². The summed E-state index contributed by atoms with van der Waals surface area (Å²) in [4.78, 5) is 23.9. The third-order valence-electron chi connectivity index (χ3n) is 4.53. The summed E-state index contributed by atoms with van der Waals surface area (Å²) in [7, 11) is 0. The summed E-state index contributed by atoms with van der Waals surface area (Å²) in [5.74, 6) is -2.30. The van der Waals surface area contributed by atoms with Crippen LogP contribution < -0.4 is 0 Å². The smallest absolute Gasteiger partial charge is 0.336 e. The van der Waals surface area contributed by atoms with Crippen LogP contribution in [0.1, 0.15) is 20.7 Å². The summed E-state index contributed by atoms with van der Waals surface area (Å²) in [6.45, 7) is 0. The lowest BCUT2D eigenvalue weighted by molar-refractivity contribution is 0.0696. The molecule has 0 aliphatic heterocycles. The largest absolute Gasteiger partial charge is 0.478 e. The van der Waals surface area contributed by atoms with Gasteiger partial charge < -0.3 is 10.2 Å². The topological polar surface area (TPSA) is 74.6 Å². The van der Waals surface area contributed by atoms with Gasteiger partial charge in [-0.05, 0) is 39.2 Å². The lowest BCUT2D eigenvalue weighted by Gasteiger charge is -2.14. The molecule has 0 fully saturated rings. The van der Waals surface area contributed by atoms with Crippen LogP contribution in [0.4, 0.5) is 0 Å². The first-order chi connectivity index (χ1) is 12.6. The molecular weight excluding hydrogens is 328 g/mol. The predicted molar refractivity (Wildman–Crippen MR) is 101 cm³/mol. The van der Waals surface area contributed by atoms with Crippen molar-refractivity contribution < 1.29 is 19.8 Å². The van der Waals surface area contributed by atoms with Crippen LogP contribution in [0.3, 0.4) is 0 Å². The summed E-state index contributed by atoms with van der Waals surface area (Å²) in [5.41, 5.74) is 0.797. The van der Waals surface area contributed by atoms with Gasteiger partial charge in [-0.25, -0.2) is 9.59 Å². The van der Waals surface area contributed by atoms with Crippen molar-refractivity contribution in [2.24, 2.45) is 0 Å². The minimum Gasteiger partial charge on any atom is -0.478 e. The monoisotopic (exact) mass is 342 g/mol. The van der Waals surface area contributed by atoms with Crippen molar-refractivity contribution in [3.8, 4) is 11.1 Å². The number of carboxylic acids is 2. The summed E-state index contributed by atoms with van der Waals surface area (Å²) >= 11 is 0. The minimum absolute atomic E-state index is 0.00998. The number of rotatable bonds is 3. The number of carboxylic acid groups (broad SMARTS) is 2.